The van der Waals surface area contributed by atoms with E-state index in [9.17, 15) is 0 Å². The highest BCUT2D eigenvalue weighted by Crippen LogP contribution is 2.32. The van der Waals surface area contributed by atoms with Gasteiger partial charge in [0.15, 0.2) is 0 Å². The molecule has 1 aromatic rings. The summed E-state index contributed by atoms with van der Waals surface area (Å²) in [5, 5.41) is 0. The van der Waals surface area contributed by atoms with Crippen molar-refractivity contribution in [3.63, 3.8) is 0 Å². The van der Waals surface area contributed by atoms with Crippen LogP contribution >= 0.6 is 0 Å². The quantitative estimate of drug-likeness (QED) is 0.801. The summed E-state index contributed by atoms with van der Waals surface area (Å²) < 4.78 is 11.2. The van der Waals surface area contributed by atoms with Crippen molar-refractivity contribution in [2.75, 3.05) is 13.7 Å². The van der Waals surface area contributed by atoms with Gasteiger partial charge in [0.05, 0.1) is 19.3 Å². The number of unbranched alkanes of at least 4 members (excludes halogenated alkanes) is 2. The highest BCUT2D eigenvalue weighted by atomic mass is 16.5. The van der Waals surface area contributed by atoms with E-state index in [1.165, 1.54) is 24.0 Å². The van der Waals surface area contributed by atoms with E-state index in [2.05, 4.69) is 19.1 Å². The summed E-state index contributed by atoms with van der Waals surface area (Å²) in [7, 11) is 1.70. The zero-order valence-electron chi connectivity index (χ0n) is 12.0. The summed E-state index contributed by atoms with van der Waals surface area (Å²) >= 11 is 0. The number of methoxy groups -OCH3 is 1. The fraction of sp³-hybridized carbons (Fsp3) is 0.625. The summed E-state index contributed by atoms with van der Waals surface area (Å²) in [6.07, 6.45) is 5.79. The Labute approximate surface area is 116 Å². The monoisotopic (exact) mass is 263 g/mol. The number of aryl methyl sites for hydroxylation is 1. The zero-order chi connectivity index (χ0) is 13.7. The van der Waals surface area contributed by atoms with E-state index in [-0.39, 0.29) is 12.1 Å². The van der Waals surface area contributed by atoms with Crippen LogP contribution in [0.25, 0.3) is 0 Å². The fourth-order valence-electron chi connectivity index (χ4n) is 2.70. The first-order chi connectivity index (χ1) is 9.26. The Kier molecular flexibility index (Phi) is 5.23. The van der Waals surface area contributed by atoms with E-state index in [4.69, 9.17) is 15.2 Å². The smallest absolute Gasteiger partial charge is 0.119 e. The lowest BCUT2D eigenvalue weighted by Crippen LogP contribution is -2.34. The van der Waals surface area contributed by atoms with Crippen LogP contribution in [0.3, 0.4) is 0 Å². The second kappa shape index (κ2) is 6.92. The number of ether oxygens (including phenoxy) is 2. The largest absolute Gasteiger partial charge is 0.497 e. The van der Waals surface area contributed by atoms with Gasteiger partial charge in [-0.25, -0.2) is 0 Å². The Balaban J connectivity index is 1.97. The van der Waals surface area contributed by atoms with Crippen LogP contribution in [0.4, 0.5) is 0 Å². The van der Waals surface area contributed by atoms with E-state index in [0.29, 0.717) is 0 Å². The molecule has 0 aromatic heterocycles. The first kappa shape index (κ1) is 14.4. The van der Waals surface area contributed by atoms with Gasteiger partial charge in [0.1, 0.15) is 5.75 Å². The Morgan fingerprint density at radius 1 is 1.32 bits per heavy atom. The van der Waals surface area contributed by atoms with E-state index in [1.54, 1.807) is 7.11 Å². The Hall–Kier alpha value is -1.06. The van der Waals surface area contributed by atoms with Crippen LogP contribution in [0.15, 0.2) is 18.2 Å². The van der Waals surface area contributed by atoms with Crippen molar-refractivity contribution < 1.29 is 9.47 Å². The summed E-state index contributed by atoms with van der Waals surface area (Å²) in [4.78, 5) is 0. The number of benzene rings is 1. The highest BCUT2D eigenvalue weighted by molar-refractivity contribution is 5.39. The Morgan fingerprint density at radius 3 is 2.89 bits per heavy atom. The molecule has 0 saturated heterocycles. The molecule has 1 aliphatic carbocycles. The topological polar surface area (TPSA) is 44.5 Å². The molecule has 2 N–H and O–H groups in total. The molecule has 0 amide bonds. The molecule has 0 bridgehead atoms. The van der Waals surface area contributed by atoms with Gasteiger partial charge in [-0.05, 0) is 42.5 Å². The molecule has 0 saturated carbocycles. The van der Waals surface area contributed by atoms with Gasteiger partial charge in [-0.15, -0.1) is 0 Å². The SMILES string of the molecule is CCCCCOC1CCc2cc(OC)ccc2C1N. The second-order valence-corrected chi connectivity index (χ2v) is 5.25. The normalized spacial score (nSPS) is 22.1. The summed E-state index contributed by atoms with van der Waals surface area (Å²) in [5.74, 6) is 0.910. The Morgan fingerprint density at radius 2 is 2.16 bits per heavy atom. The molecule has 1 aliphatic rings. The molecule has 0 spiro atoms. The highest BCUT2D eigenvalue weighted by Gasteiger charge is 2.27. The van der Waals surface area contributed by atoms with E-state index < -0.39 is 0 Å². The van der Waals surface area contributed by atoms with Gasteiger partial charge in [0.25, 0.3) is 0 Å². The minimum absolute atomic E-state index is 0.00344. The molecule has 0 heterocycles. The lowest BCUT2D eigenvalue weighted by Gasteiger charge is -2.31. The minimum Gasteiger partial charge on any atom is -0.497 e. The van der Waals surface area contributed by atoms with Crippen LogP contribution in [0.2, 0.25) is 0 Å². The van der Waals surface area contributed by atoms with Crippen LogP contribution in [-0.4, -0.2) is 19.8 Å². The van der Waals surface area contributed by atoms with Gasteiger partial charge in [-0.1, -0.05) is 25.8 Å². The molecule has 3 nitrogen and oxygen atoms in total. The second-order valence-electron chi connectivity index (χ2n) is 5.25. The lowest BCUT2D eigenvalue weighted by molar-refractivity contribution is 0.0231. The van der Waals surface area contributed by atoms with Gasteiger partial charge in [-0.3, -0.25) is 0 Å². The third-order valence-electron chi connectivity index (χ3n) is 3.89. The van der Waals surface area contributed by atoms with Gasteiger partial charge in [-0.2, -0.15) is 0 Å². The molecule has 1 aromatic carbocycles. The predicted octanol–water partition coefficient (Wildman–Crippen LogP) is 3.22. The number of fused-ring (bicyclic) bond motifs is 1. The maximum Gasteiger partial charge on any atom is 0.119 e. The molecule has 2 rings (SSSR count). The van der Waals surface area contributed by atoms with Crippen molar-refractivity contribution in [2.24, 2.45) is 5.73 Å². The van der Waals surface area contributed by atoms with Gasteiger partial charge in [0.2, 0.25) is 0 Å². The molecule has 19 heavy (non-hydrogen) atoms. The van der Waals surface area contributed by atoms with Crippen LogP contribution < -0.4 is 10.5 Å². The summed E-state index contributed by atoms with van der Waals surface area (Å²) in [5.41, 5.74) is 8.85. The van der Waals surface area contributed by atoms with Crippen molar-refractivity contribution in [1.29, 1.82) is 0 Å². The lowest BCUT2D eigenvalue weighted by atomic mass is 9.86. The van der Waals surface area contributed by atoms with Crippen molar-refractivity contribution in [1.82, 2.24) is 0 Å². The number of hydrogen-bond donors (Lipinski definition) is 1. The molecular formula is C16H25NO2. The van der Waals surface area contributed by atoms with Crippen LogP contribution in [0.5, 0.6) is 5.75 Å². The molecule has 0 fully saturated rings. The average molecular weight is 263 g/mol. The number of hydrogen-bond acceptors (Lipinski definition) is 3. The van der Waals surface area contributed by atoms with Crippen LogP contribution in [0, 0.1) is 0 Å². The first-order valence-electron chi connectivity index (χ1n) is 7.30. The average Bonchev–Trinajstić information content (AvgIpc) is 2.45. The maximum absolute atomic E-state index is 6.33. The third-order valence-corrected chi connectivity index (χ3v) is 3.89. The first-order valence-corrected chi connectivity index (χ1v) is 7.30. The van der Waals surface area contributed by atoms with E-state index in [1.807, 2.05) is 6.07 Å². The standard InChI is InChI=1S/C16H25NO2/c1-3-4-5-10-19-15-9-6-12-11-13(18-2)7-8-14(12)16(15)17/h7-8,11,15-16H,3-6,9-10,17H2,1-2H3. The fourth-order valence-corrected chi connectivity index (χ4v) is 2.70. The van der Waals surface area contributed by atoms with E-state index >= 15 is 0 Å². The Bertz CT molecular complexity index is 406. The van der Waals surface area contributed by atoms with Crippen LogP contribution in [-0.2, 0) is 11.2 Å². The summed E-state index contributed by atoms with van der Waals surface area (Å²) in [6.45, 7) is 3.04. The number of rotatable bonds is 6. The minimum atomic E-state index is -0.00344. The van der Waals surface area contributed by atoms with Crippen molar-refractivity contribution >= 4 is 0 Å². The molecular weight excluding hydrogens is 238 g/mol. The van der Waals surface area contributed by atoms with Crippen molar-refractivity contribution in [2.45, 2.75) is 51.2 Å². The van der Waals surface area contributed by atoms with Crippen molar-refractivity contribution in [3.05, 3.63) is 29.3 Å². The van der Waals surface area contributed by atoms with Gasteiger partial charge < -0.3 is 15.2 Å². The predicted molar refractivity (Wildman–Crippen MR) is 77.5 cm³/mol. The molecule has 2 atom stereocenters. The van der Waals surface area contributed by atoms with Gasteiger partial charge >= 0.3 is 0 Å². The van der Waals surface area contributed by atoms with Crippen LogP contribution in [0.1, 0.15) is 49.8 Å². The van der Waals surface area contributed by atoms with Gasteiger partial charge in [0, 0.05) is 6.61 Å². The zero-order valence-corrected chi connectivity index (χ0v) is 12.0. The molecule has 3 heteroatoms. The van der Waals surface area contributed by atoms with Crippen molar-refractivity contribution in [3.8, 4) is 5.75 Å². The molecule has 2 unspecified atom stereocenters. The molecule has 106 valence electrons. The molecule has 0 aliphatic heterocycles. The summed E-state index contributed by atoms with van der Waals surface area (Å²) in [6, 6.07) is 6.16. The van der Waals surface area contributed by atoms with E-state index in [0.717, 1.165) is 31.6 Å². The third kappa shape index (κ3) is 3.48. The maximum atomic E-state index is 6.33. The molecule has 0 radical (unpaired) electrons. The number of nitrogens with two attached hydrogens (primary N) is 1.